The molecule has 0 atom stereocenters. The van der Waals surface area contributed by atoms with E-state index in [4.69, 9.17) is 26.6 Å². The monoisotopic (exact) mass is 420 g/mol. The Kier molecular flexibility index (Phi) is 12.2. The van der Waals surface area contributed by atoms with Gasteiger partial charge in [-0.25, -0.2) is 0 Å². The van der Waals surface area contributed by atoms with E-state index in [0.717, 1.165) is 22.8 Å². The summed E-state index contributed by atoms with van der Waals surface area (Å²) in [7, 11) is 4.84. The van der Waals surface area contributed by atoms with Gasteiger partial charge in [0, 0.05) is 42.7 Å². The van der Waals surface area contributed by atoms with Crippen molar-refractivity contribution in [1.29, 1.82) is 0 Å². The Morgan fingerprint density at radius 2 is 0.826 bits per heavy atom. The van der Waals surface area contributed by atoms with Gasteiger partial charge in [0.25, 0.3) is 0 Å². The van der Waals surface area contributed by atoms with Gasteiger partial charge in [-0.15, -0.1) is 0 Å². The van der Waals surface area contributed by atoms with Crippen LogP contribution in [0.1, 0.15) is 13.8 Å². The Labute approximate surface area is 152 Å². The molecule has 0 N–H and O–H groups in total. The van der Waals surface area contributed by atoms with Crippen molar-refractivity contribution in [2.45, 2.75) is 25.9 Å². The quantitative estimate of drug-likeness (QED) is 0.398. The van der Waals surface area contributed by atoms with Gasteiger partial charge in [-0.2, -0.15) is 22.4 Å². The summed E-state index contributed by atoms with van der Waals surface area (Å²) in [6, 6.07) is 2.28. The zero-order valence-electron chi connectivity index (χ0n) is 15.6. The Morgan fingerprint density at radius 3 is 1.00 bits per heavy atom. The van der Waals surface area contributed by atoms with E-state index in [-0.39, 0.29) is 0 Å². The molecule has 0 spiro atoms. The summed E-state index contributed by atoms with van der Waals surface area (Å²) < 4.78 is 33.3. The SMILES string of the molecule is CC[Si](CC)(SC[Si](OC)(OC)OC)SC[Si](OC)(OC)OC. The second-order valence-electron chi connectivity index (χ2n) is 4.79. The van der Waals surface area contributed by atoms with Crippen molar-refractivity contribution in [3.8, 4) is 0 Å². The molecular weight excluding hydrogens is 389 g/mol. The van der Waals surface area contributed by atoms with Crippen LogP contribution >= 0.6 is 22.4 Å². The smallest absolute Gasteiger partial charge is 0.376 e. The summed E-state index contributed by atoms with van der Waals surface area (Å²) in [5, 5.41) is 1.53. The van der Waals surface area contributed by atoms with Gasteiger partial charge >= 0.3 is 17.6 Å². The zero-order valence-corrected chi connectivity index (χ0v) is 20.2. The van der Waals surface area contributed by atoms with Gasteiger partial charge in [0.2, 0.25) is 0 Å². The van der Waals surface area contributed by atoms with Crippen molar-refractivity contribution < 1.29 is 26.6 Å². The van der Waals surface area contributed by atoms with Crippen LogP contribution in [0, 0.1) is 0 Å². The topological polar surface area (TPSA) is 55.4 Å². The van der Waals surface area contributed by atoms with Crippen LogP contribution in [0.15, 0.2) is 0 Å². The highest BCUT2D eigenvalue weighted by atomic mass is 32.6. The van der Waals surface area contributed by atoms with Gasteiger partial charge < -0.3 is 26.6 Å². The molecule has 0 amide bonds. The van der Waals surface area contributed by atoms with E-state index in [2.05, 4.69) is 13.8 Å². The molecule has 0 saturated heterocycles. The molecule has 0 aliphatic rings. The van der Waals surface area contributed by atoms with Crippen molar-refractivity contribution in [2.24, 2.45) is 0 Å². The average Bonchev–Trinajstić information content (AvgIpc) is 2.63. The molecule has 0 aliphatic carbocycles. The Hall–Kier alpha value is 1.11. The van der Waals surface area contributed by atoms with Gasteiger partial charge in [0.15, 0.2) is 6.37 Å². The van der Waals surface area contributed by atoms with E-state index in [1.165, 1.54) is 0 Å². The molecule has 0 aromatic rings. The first-order valence-electron chi connectivity index (χ1n) is 7.49. The van der Waals surface area contributed by atoms with Crippen molar-refractivity contribution in [1.82, 2.24) is 0 Å². The zero-order chi connectivity index (χ0) is 18.0. The summed E-state index contributed by atoms with van der Waals surface area (Å²) in [5.41, 5.74) is 0. The van der Waals surface area contributed by atoms with Gasteiger partial charge in [0.1, 0.15) is 0 Å². The van der Waals surface area contributed by atoms with Crippen LogP contribution in [0.3, 0.4) is 0 Å². The minimum atomic E-state index is -2.56. The maximum atomic E-state index is 5.55. The fourth-order valence-electron chi connectivity index (χ4n) is 1.99. The third-order valence-corrected chi connectivity index (χ3v) is 26.2. The highest BCUT2D eigenvalue weighted by molar-refractivity contribution is 8.58. The maximum absolute atomic E-state index is 5.55. The largest absolute Gasteiger partial charge is 0.510 e. The second-order valence-corrected chi connectivity index (χ2v) is 23.3. The van der Waals surface area contributed by atoms with Gasteiger partial charge in [-0.05, 0) is 12.1 Å². The number of hydrogen-bond acceptors (Lipinski definition) is 8. The minimum Gasteiger partial charge on any atom is -0.376 e. The normalized spacial score (nSPS) is 13.6. The van der Waals surface area contributed by atoms with Gasteiger partial charge in [-0.3, -0.25) is 0 Å². The van der Waals surface area contributed by atoms with Gasteiger partial charge in [0.05, 0.1) is 10.8 Å². The standard InChI is InChI=1S/C12H32O6S2Si3/c1-9-21(10-2,19-11-22(13-3,14-4)15-5)20-12-23(16-6,17-7)18-8/h9-12H2,1-8H3. The first kappa shape index (κ1) is 24.1. The molecule has 0 heterocycles. The highest BCUT2D eigenvalue weighted by Gasteiger charge is 2.46. The summed E-state index contributed by atoms with van der Waals surface area (Å²) >= 11 is 3.93. The lowest BCUT2D eigenvalue weighted by Gasteiger charge is -2.34. The molecule has 0 rings (SSSR count). The lowest BCUT2D eigenvalue weighted by Crippen LogP contribution is -2.49. The van der Waals surface area contributed by atoms with E-state index >= 15 is 0 Å². The molecule has 0 aliphatic heterocycles. The lowest BCUT2D eigenvalue weighted by atomic mass is 11.0. The van der Waals surface area contributed by atoms with Crippen LogP contribution in [-0.4, -0.2) is 77.4 Å². The van der Waals surface area contributed by atoms with Crippen LogP contribution < -0.4 is 0 Å². The second kappa shape index (κ2) is 11.7. The van der Waals surface area contributed by atoms with E-state index in [1.807, 2.05) is 22.4 Å². The van der Waals surface area contributed by atoms with Crippen LogP contribution in [0.25, 0.3) is 0 Å². The van der Waals surface area contributed by atoms with Crippen LogP contribution in [0.4, 0.5) is 0 Å². The molecule has 0 unspecified atom stereocenters. The molecular formula is C12H32O6S2Si3. The molecule has 0 saturated carbocycles. The molecule has 11 heteroatoms. The van der Waals surface area contributed by atoms with E-state index in [9.17, 15) is 0 Å². The number of rotatable bonds is 14. The summed E-state index contributed by atoms with van der Waals surface area (Å²) in [4.78, 5) is 0. The summed E-state index contributed by atoms with van der Waals surface area (Å²) in [6.45, 7) is 4.50. The lowest BCUT2D eigenvalue weighted by molar-refractivity contribution is 0.130. The Bertz CT molecular complexity index is 273. The first-order valence-corrected chi connectivity index (χ1v) is 17.2. The fraction of sp³-hybridized carbons (Fsp3) is 1.00. The summed E-state index contributed by atoms with van der Waals surface area (Å²) in [5.74, 6) is 0. The van der Waals surface area contributed by atoms with Crippen LogP contribution in [0.5, 0.6) is 0 Å². The molecule has 0 radical (unpaired) electrons. The third kappa shape index (κ3) is 6.73. The van der Waals surface area contributed by atoms with Crippen molar-refractivity contribution in [2.75, 3.05) is 53.4 Å². The Balaban J connectivity index is 4.99. The predicted octanol–water partition coefficient (Wildman–Crippen LogP) is 2.77. The fourth-order valence-corrected chi connectivity index (χ4v) is 25.3. The molecule has 0 aromatic carbocycles. The van der Waals surface area contributed by atoms with Crippen LogP contribution in [0.2, 0.25) is 12.1 Å². The molecule has 140 valence electrons. The molecule has 0 aromatic heterocycles. The number of hydrogen-bond donors (Lipinski definition) is 0. The molecule has 6 nitrogen and oxygen atoms in total. The molecule has 0 fully saturated rings. The minimum absolute atomic E-state index is 0.763. The van der Waals surface area contributed by atoms with E-state index in [1.54, 1.807) is 42.7 Å². The average molecular weight is 421 g/mol. The molecule has 23 heavy (non-hydrogen) atoms. The van der Waals surface area contributed by atoms with Crippen molar-refractivity contribution in [3.05, 3.63) is 0 Å². The Morgan fingerprint density at radius 1 is 0.565 bits per heavy atom. The highest BCUT2D eigenvalue weighted by Crippen LogP contribution is 2.41. The van der Waals surface area contributed by atoms with E-state index in [0.29, 0.717) is 0 Å². The summed E-state index contributed by atoms with van der Waals surface area (Å²) in [6.07, 6.45) is -1.64. The van der Waals surface area contributed by atoms with Crippen LogP contribution in [-0.2, 0) is 26.6 Å². The van der Waals surface area contributed by atoms with Crippen molar-refractivity contribution in [3.63, 3.8) is 0 Å². The van der Waals surface area contributed by atoms with Crippen molar-refractivity contribution >= 4 is 46.4 Å². The van der Waals surface area contributed by atoms with E-state index < -0.39 is 24.0 Å². The third-order valence-electron chi connectivity index (χ3n) is 3.97. The maximum Gasteiger partial charge on any atom is 0.510 e. The molecule has 0 bridgehead atoms. The predicted molar refractivity (Wildman–Crippen MR) is 105 cm³/mol. The first-order chi connectivity index (χ1) is 10.9. The van der Waals surface area contributed by atoms with Gasteiger partial charge in [-0.1, -0.05) is 13.8 Å².